The summed E-state index contributed by atoms with van der Waals surface area (Å²) in [6.45, 7) is 0. The molecule has 0 aliphatic rings. The van der Waals surface area contributed by atoms with Crippen molar-refractivity contribution < 1.29 is 34.1 Å². The van der Waals surface area contributed by atoms with Gasteiger partial charge in [0.1, 0.15) is 15.3 Å². The van der Waals surface area contributed by atoms with Crippen LogP contribution in [0.15, 0.2) is 0 Å². The van der Waals surface area contributed by atoms with Gasteiger partial charge in [0, 0.05) is 0 Å². The Morgan fingerprint density at radius 2 is 1.40 bits per heavy atom. The molecule has 1 aromatic rings. The first-order valence-electron chi connectivity index (χ1n) is 3.38. The molecular formula is C7H3FO6S. The van der Waals surface area contributed by atoms with Crippen molar-refractivity contribution in [1.29, 1.82) is 0 Å². The second-order valence-corrected chi connectivity index (χ2v) is 3.39. The maximum absolute atomic E-state index is 13.1. The van der Waals surface area contributed by atoms with Gasteiger partial charge in [0.2, 0.25) is 0 Å². The molecule has 0 saturated heterocycles. The summed E-state index contributed by atoms with van der Waals surface area (Å²) in [6.07, 6.45) is 0. The molecule has 0 aromatic carbocycles. The van der Waals surface area contributed by atoms with Crippen LogP contribution in [0.2, 0.25) is 0 Å². The monoisotopic (exact) mass is 234 g/mol. The number of hydrogen-bond acceptors (Lipinski definition) is 4. The zero-order valence-electron chi connectivity index (χ0n) is 6.85. The molecule has 0 amide bonds. The van der Waals surface area contributed by atoms with E-state index in [0.29, 0.717) is 0 Å². The highest BCUT2D eigenvalue weighted by Crippen LogP contribution is 2.27. The first-order chi connectivity index (χ1) is 6.86. The number of rotatable bonds is 3. The molecule has 3 N–H and O–H groups in total. The highest BCUT2D eigenvalue weighted by molar-refractivity contribution is 7.16. The Balaban J connectivity index is 3.53. The molecule has 0 fully saturated rings. The van der Waals surface area contributed by atoms with Gasteiger partial charge in [-0.1, -0.05) is 0 Å². The minimum absolute atomic E-state index is 0.0757. The lowest BCUT2D eigenvalue weighted by Gasteiger charge is -1.91. The van der Waals surface area contributed by atoms with Crippen molar-refractivity contribution in [2.24, 2.45) is 0 Å². The van der Waals surface area contributed by atoms with Gasteiger partial charge in [-0.3, -0.25) is 0 Å². The molecule has 6 nitrogen and oxygen atoms in total. The van der Waals surface area contributed by atoms with Crippen LogP contribution in [0.25, 0.3) is 0 Å². The average molecular weight is 234 g/mol. The van der Waals surface area contributed by atoms with E-state index in [4.69, 9.17) is 15.3 Å². The number of aromatic carboxylic acids is 3. The van der Waals surface area contributed by atoms with E-state index in [1.807, 2.05) is 0 Å². The Morgan fingerprint density at radius 1 is 0.933 bits per heavy atom. The van der Waals surface area contributed by atoms with Gasteiger partial charge in [-0.25, -0.2) is 18.8 Å². The molecule has 1 aromatic heterocycles. The quantitative estimate of drug-likeness (QED) is 0.718. The number of thiophene rings is 1. The van der Waals surface area contributed by atoms with E-state index in [2.05, 4.69) is 0 Å². The molecule has 1 rings (SSSR count). The Morgan fingerprint density at radius 3 is 1.67 bits per heavy atom. The highest BCUT2D eigenvalue weighted by atomic mass is 32.1. The maximum Gasteiger partial charge on any atom is 0.348 e. The zero-order chi connectivity index (χ0) is 11.7. The minimum Gasteiger partial charge on any atom is -0.478 e. The third-order valence-electron chi connectivity index (χ3n) is 1.45. The fraction of sp³-hybridized carbons (Fsp3) is 0. The lowest BCUT2D eigenvalue weighted by Crippen LogP contribution is -2.06. The third-order valence-corrected chi connectivity index (χ3v) is 2.59. The van der Waals surface area contributed by atoms with E-state index in [0.717, 1.165) is 0 Å². The summed E-state index contributed by atoms with van der Waals surface area (Å²) in [5, 5.41) is 25.5. The fourth-order valence-electron chi connectivity index (χ4n) is 0.890. The molecule has 0 unspecified atom stereocenters. The molecule has 8 heteroatoms. The fourth-order valence-corrected chi connectivity index (χ4v) is 1.74. The second-order valence-electron chi connectivity index (χ2n) is 2.36. The molecule has 0 spiro atoms. The standard InChI is InChI=1S/C7H3FO6S/c8-2-1(5(9)10)3(6(11)12)15-4(2)7(13)14/h(H,9,10)(H,11,12)(H,13,14). The van der Waals surface area contributed by atoms with Crippen molar-refractivity contribution >= 4 is 29.2 Å². The summed E-state index contributed by atoms with van der Waals surface area (Å²) in [5.41, 5.74) is -1.12. The summed E-state index contributed by atoms with van der Waals surface area (Å²) in [5.74, 6) is -6.72. The molecular weight excluding hydrogens is 231 g/mol. The smallest absolute Gasteiger partial charge is 0.348 e. The number of carbonyl (C=O) groups is 3. The van der Waals surface area contributed by atoms with Crippen molar-refractivity contribution in [3.8, 4) is 0 Å². The van der Waals surface area contributed by atoms with Gasteiger partial charge in [-0.15, -0.1) is 11.3 Å². The van der Waals surface area contributed by atoms with Crippen molar-refractivity contribution in [3.05, 3.63) is 21.1 Å². The predicted octanol–water partition coefficient (Wildman–Crippen LogP) is 0.982. The Kier molecular flexibility index (Phi) is 2.71. The zero-order valence-corrected chi connectivity index (χ0v) is 7.67. The molecule has 0 aliphatic carbocycles. The van der Waals surface area contributed by atoms with E-state index >= 15 is 0 Å². The number of halogens is 1. The number of hydrogen-bond donors (Lipinski definition) is 3. The van der Waals surface area contributed by atoms with Crippen LogP contribution in [0.5, 0.6) is 0 Å². The van der Waals surface area contributed by atoms with Crippen molar-refractivity contribution in [1.82, 2.24) is 0 Å². The first-order valence-corrected chi connectivity index (χ1v) is 4.20. The second kappa shape index (κ2) is 3.65. The first kappa shape index (κ1) is 11.1. The van der Waals surface area contributed by atoms with E-state index in [1.54, 1.807) is 0 Å². The topological polar surface area (TPSA) is 112 Å². The van der Waals surface area contributed by atoms with Gasteiger partial charge in [-0.05, 0) is 0 Å². The van der Waals surface area contributed by atoms with Crippen molar-refractivity contribution in [3.63, 3.8) is 0 Å². The number of carboxylic acids is 3. The van der Waals surface area contributed by atoms with E-state index in [-0.39, 0.29) is 11.3 Å². The number of carboxylic acid groups (broad SMARTS) is 3. The normalized spacial score (nSPS) is 9.93. The maximum atomic E-state index is 13.1. The summed E-state index contributed by atoms with van der Waals surface area (Å²) in [4.78, 5) is 29.7. The van der Waals surface area contributed by atoms with Gasteiger partial charge in [0.05, 0.1) is 0 Å². The molecule has 0 atom stereocenters. The van der Waals surface area contributed by atoms with Crippen LogP contribution in [0.1, 0.15) is 29.7 Å². The molecule has 0 radical (unpaired) electrons. The van der Waals surface area contributed by atoms with Crippen LogP contribution in [0.3, 0.4) is 0 Å². The van der Waals surface area contributed by atoms with Crippen LogP contribution in [0, 0.1) is 5.82 Å². The van der Waals surface area contributed by atoms with Crippen LogP contribution in [-0.2, 0) is 0 Å². The summed E-state index contributed by atoms with van der Waals surface area (Å²) in [7, 11) is 0. The van der Waals surface area contributed by atoms with Gasteiger partial charge >= 0.3 is 17.9 Å². The predicted molar refractivity (Wildman–Crippen MR) is 45.2 cm³/mol. The van der Waals surface area contributed by atoms with Crippen LogP contribution in [0.4, 0.5) is 4.39 Å². The third kappa shape index (κ3) is 1.79. The van der Waals surface area contributed by atoms with Gasteiger partial charge in [-0.2, -0.15) is 0 Å². The Labute approximate surface area is 85.2 Å². The summed E-state index contributed by atoms with van der Waals surface area (Å²) in [6, 6.07) is 0. The lowest BCUT2D eigenvalue weighted by molar-refractivity contribution is 0.0651. The molecule has 15 heavy (non-hydrogen) atoms. The summed E-state index contributed by atoms with van der Waals surface area (Å²) >= 11 is 0.0757. The Hall–Kier alpha value is -1.96. The molecule has 0 saturated carbocycles. The SMILES string of the molecule is O=C(O)c1sc(C(=O)O)c(C(=O)O)c1F. The minimum atomic E-state index is -1.81. The van der Waals surface area contributed by atoms with E-state index in [1.165, 1.54) is 0 Å². The van der Waals surface area contributed by atoms with E-state index in [9.17, 15) is 18.8 Å². The van der Waals surface area contributed by atoms with Gasteiger partial charge < -0.3 is 15.3 Å². The van der Waals surface area contributed by atoms with Crippen LogP contribution >= 0.6 is 11.3 Å². The molecule has 1 heterocycles. The molecule has 80 valence electrons. The largest absolute Gasteiger partial charge is 0.478 e. The van der Waals surface area contributed by atoms with Crippen molar-refractivity contribution in [2.75, 3.05) is 0 Å². The Bertz CT molecular complexity index is 462. The molecule has 0 aliphatic heterocycles. The van der Waals surface area contributed by atoms with Gasteiger partial charge in [0.25, 0.3) is 0 Å². The highest BCUT2D eigenvalue weighted by Gasteiger charge is 2.30. The average Bonchev–Trinajstić information content (AvgIpc) is 2.42. The lowest BCUT2D eigenvalue weighted by atomic mass is 10.2. The van der Waals surface area contributed by atoms with Crippen molar-refractivity contribution in [2.45, 2.75) is 0 Å². The summed E-state index contributed by atoms with van der Waals surface area (Å²) < 4.78 is 13.1. The van der Waals surface area contributed by atoms with Crippen LogP contribution in [-0.4, -0.2) is 33.2 Å². The van der Waals surface area contributed by atoms with Gasteiger partial charge in [0.15, 0.2) is 5.82 Å². The van der Waals surface area contributed by atoms with Crippen LogP contribution < -0.4 is 0 Å². The molecule has 0 bridgehead atoms. The van der Waals surface area contributed by atoms with E-state index < -0.39 is 39.0 Å².